The largest absolute Gasteiger partial charge is 0.495 e. The lowest BCUT2D eigenvalue weighted by molar-refractivity contribution is -0.113. The molecule has 0 fully saturated rings. The van der Waals surface area contributed by atoms with Crippen molar-refractivity contribution >= 4 is 45.9 Å². The van der Waals surface area contributed by atoms with Gasteiger partial charge in [0.2, 0.25) is 5.91 Å². The van der Waals surface area contributed by atoms with Crippen molar-refractivity contribution in [2.75, 3.05) is 18.2 Å². The van der Waals surface area contributed by atoms with Gasteiger partial charge in [0, 0.05) is 11.8 Å². The van der Waals surface area contributed by atoms with E-state index in [9.17, 15) is 18.4 Å². The van der Waals surface area contributed by atoms with Crippen LogP contribution in [0, 0.1) is 11.6 Å². The smallest absolute Gasteiger partial charge is 0.266 e. The molecule has 0 bridgehead atoms. The van der Waals surface area contributed by atoms with Crippen molar-refractivity contribution in [1.29, 1.82) is 0 Å². The van der Waals surface area contributed by atoms with Crippen LogP contribution in [-0.2, 0) is 4.79 Å². The van der Waals surface area contributed by atoms with Crippen LogP contribution < -0.4 is 15.6 Å². The number of hydrogen-bond donors (Lipinski definition) is 1. The number of aromatic nitrogens is 2. The number of amides is 1. The van der Waals surface area contributed by atoms with Crippen LogP contribution >= 0.6 is 23.4 Å². The van der Waals surface area contributed by atoms with Gasteiger partial charge in [0.05, 0.1) is 34.5 Å². The van der Waals surface area contributed by atoms with E-state index in [1.54, 1.807) is 42.5 Å². The molecule has 1 amide bonds. The first-order chi connectivity index (χ1) is 15.9. The highest BCUT2D eigenvalue weighted by Crippen LogP contribution is 2.28. The quantitative estimate of drug-likeness (QED) is 0.304. The van der Waals surface area contributed by atoms with Crippen molar-refractivity contribution in [3.05, 3.63) is 87.7 Å². The van der Waals surface area contributed by atoms with E-state index in [0.29, 0.717) is 27.4 Å². The zero-order valence-electron chi connectivity index (χ0n) is 17.1. The summed E-state index contributed by atoms with van der Waals surface area (Å²) in [6, 6.07) is 14.8. The number of carbonyl (C=O) groups excluding carboxylic acids is 1. The molecule has 6 nitrogen and oxygen atoms in total. The number of fused-ring (bicyclic) bond motifs is 1. The summed E-state index contributed by atoms with van der Waals surface area (Å²) < 4.78 is 33.0. The second-order valence-corrected chi connectivity index (χ2v) is 8.19. The first kappa shape index (κ1) is 22.8. The minimum atomic E-state index is -1.07. The van der Waals surface area contributed by atoms with Gasteiger partial charge in [-0.3, -0.25) is 14.2 Å². The fraction of sp³-hybridized carbons (Fsp3) is 0.0870. The molecular formula is C23H16ClF2N3O3S. The molecule has 0 unspecified atom stereocenters. The topological polar surface area (TPSA) is 73.2 Å². The molecule has 0 saturated heterocycles. The predicted octanol–water partition coefficient (Wildman–Crippen LogP) is 5.06. The molecule has 33 heavy (non-hydrogen) atoms. The minimum Gasteiger partial charge on any atom is -0.495 e. The number of ether oxygens (including phenoxy) is 1. The highest BCUT2D eigenvalue weighted by molar-refractivity contribution is 7.99. The zero-order valence-corrected chi connectivity index (χ0v) is 18.7. The summed E-state index contributed by atoms with van der Waals surface area (Å²) in [5.41, 5.74) is 0.713. The Kier molecular flexibility index (Phi) is 6.62. The highest BCUT2D eigenvalue weighted by Gasteiger charge is 2.16. The van der Waals surface area contributed by atoms with E-state index in [0.717, 1.165) is 23.9 Å². The van der Waals surface area contributed by atoms with E-state index in [1.807, 2.05) is 0 Å². The number of carbonyl (C=O) groups is 1. The maximum absolute atomic E-state index is 13.4. The third-order valence-corrected chi connectivity index (χ3v) is 5.91. The highest BCUT2D eigenvalue weighted by atomic mass is 35.5. The lowest BCUT2D eigenvalue weighted by atomic mass is 10.2. The van der Waals surface area contributed by atoms with E-state index in [1.165, 1.54) is 17.7 Å². The molecule has 1 heterocycles. The molecule has 0 spiro atoms. The van der Waals surface area contributed by atoms with Crippen molar-refractivity contribution in [1.82, 2.24) is 9.55 Å². The first-order valence-corrected chi connectivity index (χ1v) is 11.0. The van der Waals surface area contributed by atoms with E-state index >= 15 is 0 Å². The second-order valence-electron chi connectivity index (χ2n) is 6.84. The minimum absolute atomic E-state index is 0.116. The van der Waals surface area contributed by atoms with E-state index in [2.05, 4.69) is 10.3 Å². The Morgan fingerprint density at radius 3 is 2.64 bits per heavy atom. The van der Waals surface area contributed by atoms with Gasteiger partial charge < -0.3 is 10.1 Å². The average Bonchev–Trinajstić information content (AvgIpc) is 2.80. The van der Waals surface area contributed by atoms with Gasteiger partial charge in [-0.1, -0.05) is 35.5 Å². The Morgan fingerprint density at radius 2 is 1.91 bits per heavy atom. The summed E-state index contributed by atoms with van der Waals surface area (Å²) in [6.07, 6.45) is 0. The van der Waals surface area contributed by atoms with Gasteiger partial charge in [0.25, 0.3) is 5.56 Å². The molecule has 1 aromatic heterocycles. The van der Waals surface area contributed by atoms with Crippen LogP contribution in [-0.4, -0.2) is 28.3 Å². The van der Waals surface area contributed by atoms with Gasteiger partial charge in [-0.25, -0.2) is 13.8 Å². The zero-order chi connectivity index (χ0) is 23.5. The third-order valence-electron chi connectivity index (χ3n) is 4.67. The lowest BCUT2D eigenvalue weighted by Gasteiger charge is -2.14. The van der Waals surface area contributed by atoms with Crippen LogP contribution in [0.15, 0.2) is 70.6 Å². The van der Waals surface area contributed by atoms with E-state index < -0.39 is 17.5 Å². The van der Waals surface area contributed by atoms with Gasteiger partial charge in [0.15, 0.2) is 16.8 Å². The van der Waals surface area contributed by atoms with Gasteiger partial charge in [0.1, 0.15) is 5.75 Å². The average molecular weight is 488 g/mol. The standard InChI is InChI=1S/C23H16ClF2N3O3S/c1-32-20-9-7-14(11-16(20)24)29-22(31)15-4-2-3-5-19(15)28-23(29)33-12-21(30)27-13-6-8-17(25)18(26)10-13/h2-11H,12H2,1H3,(H,27,30). The fourth-order valence-corrected chi connectivity index (χ4v) is 4.20. The molecule has 3 aromatic carbocycles. The number of anilines is 1. The molecule has 0 atom stereocenters. The maximum atomic E-state index is 13.4. The molecule has 4 rings (SSSR count). The summed E-state index contributed by atoms with van der Waals surface area (Å²) in [5.74, 6) is -2.24. The number of thioether (sulfide) groups is 1. The van der Waals surface area contributed by atoms with Crippen molar-refractivity contribution in [3.8, 4) is 11.4 Å². The number of rotatable bonds is 6. The molecule has 1 N–H and O–H groups in total. The molecule has 0 saturated carbocycles. The Bertz CT molecular complexity index is 1430. The SMILES string of the molecule is COc1ccc(-n2c(SCC(=O)Nc3ccc(F)c(F)c3)nc3ccccc3c2=O)cc1Cl. The number of nitrogens with one attached hydrogen (secondary N) is 1. The Balaban J connectivity index is 1.68. The number of hydrogen-bond acceptors (Lipinski definition) is 5. The third kappa shape index (κ3) is 4.84. The number of nitrogens with zero attached hydrogens (tertiary/aromatic N) is 2. The van der Waals surface area contributed by atoms with Crippen molar-refractivity contribution in [2.45, 2.75) is 5.16 Å². The van der Waals surface area contributed by atoms with Crippen molar-refractivity contribution in [2.24, 2.45) is 0 Å². The summed E-state index contributed by atoms with van der Waals surface area (Å²) in [4.78, 5) is 30.2. The van der Waals surface area contributed by atoms with Crippen LogP contribution in [0.2, 0.25) is 5.02 Å². The normalized spacial score (nSPS) is 10.9. The molecule has 168 valence electrons. The molecule has 0 aliphatic rings. The predicted molar refractivity (Wildman–Crippen MR) is 125 cm³/mol. The van der Waals surface area contributed by atoms with Crippen LogP contribution in [0.1, 0.15) is 0 Å². The number of benzene rings is 3. The molecule has 0 aliphatic heterocycles. The van der Waals surface area contributed by atoms with Gasteiger partial charge in [-0.15, -0.1) is 0 Å². The Hall–Kier alpha value is -3.43. The van der Waals surface area contributed by atoms with Crippen molar-refractivity contribution in [3.63, 3.8) is 0 Å². The fourth-order valence-electron chi connectivity index (χ4n) is 3.13. The summed E-state index contributed by atoms with van der Waals surface area (Å²) in [6.45, 7) is 0. The second kappa shape index (κ2) is 9.60. The van der Waals surface area contributed by atoms with Crippen LogP contribution in [0.4, 0.5) is 14.5 Å². The van der Waals surface area contributed by atoms with E-state index in [-0.39, 0.29) is 22.2 Å². The number of methoxy groups -OCH3 is 1. The molecular weight excluding hydrogens is 472 g/mol. The lowest BCUT2D eigenvalue weighted by Crippen LogP contribution is -2.23. The number of halogens is 3. The monoisotopic (exact) mass is 487 g/mol. The Morgan fingerprint density at radius 1 is 1.12 bits per heavy atom. The molecule has 0 radical (unpaired) electrons. The maximum Gasteiger partial charge on any atom is 0.266 e. The summed E-state index contributed by atoms with van der Waals surface area (Å²) in [7, 11) is 1.48. The molecule has 4 aromatic rings. The summed E-state index contributed by atoms with van der Waals surface area (Å²) in [5, 5.41) is 3.47. The first-order valence-electron chi connectivity index (χ1n) is 9.61. The number of para-hydroxylation sites is 1. The van der Waals surface area contributed by atoms with Crippen LogP contribution in [0.25, 0.3) is 16.6 Å². The van der Waals surface area contributed by atoms with Crippen LogP contribution in [0.3, 0.4) is 0 Å². The van der Waals surface area contributed by atoms with Crippen LogP contribution in [0.5, 0.6) is 5.75 Å². The van der Waals surface area contributed by atoms with E-state index in [4.69, 9.17) is 16.3 Å². The van der Waals surface area contributed by atoms with Gasteiger partial charge >= 0.3 is 0 Å². The molecule has 0 aliphatic carbocycles. The van der Waals surface area contributed by atoms with Gasteiger partial charge in [-0.05, 0) is 42.5 Å². The van der Waals surface area contributed by atoms with Gasteiger partial charge in [-0.2, -0.15) is 0 Å². The Labute approximate surface area is 196 Å². The molecule has 10 heteroatoms. The summed E-state index contributed by atoms with van der Waals surface area (Å²) >= 11 is 7.27. The van der Waals surface area contributed by atoms with Crippen molar-refractivity contribution < 1.29 is 18.3 Å².